The predicted octanol–water partition coefficient (Wildman–Crippen LogP) is 2.40. The number of fused-ring (bicyclic) bond motifs is 2. The van der Waals surface area contributed by atoms with Crippen molar-refractivity contribution in [2.75, 3.05) is 31.5 Å². The van der Waals surface area contributed by atoms with Crippen LogP contribution < -0.4 is 19.7 Å². The molecule has 25 heavy (non-hydrogen) atoms. The van der Waals surface area contributed by atoms with E-state index >= 15 is 0 Å². The van der Waals surface area contributed by atoms with Crippen LogP contribution in [-0.2, 0) is 22.4 Å². The molecule has 0 aliphatic carbocycles. The molecule has 2 heterocycles. The molecule has 0 spiro atoms. The maximum absolute atomic E-state index is 11.4. The van der Waals surface area contributed by atoms with E-state index in [-0.39, 0.29) is 11.8 Å². The SMILES string of the molecule is COc1cccc2c1CC(=O)N2.COc1cccc2c1CC(=O)N2C. The van der Waals surface area contributed by atoms with E-state index in [1.165, 1.54) is 0 Å². The molecule has 130 valence electrons. The van der Waals surface area contributed by atoms with Gasteiger partial charge in [0.15, 0.2) is 0 Å². The van der Waals surface area contributed by atoms with Crippen molar-refractivity contribution in [2.45, 2.75) is 12.8 Å². The van der Waals surface area contributed by atoms with Gasteiger partial charge in [0.05, 0.1) is 32.7 Å². The van der Waals surface area contributed by atoms with Crippen molar-refractivity contribution in [3.05, 3.63) is 47.5 Å². The van der Waals surface area contributed by atoms with E-state index in [2.05, 4.69) is 5.32 Å². The van der Waals surface area contributed by atoms with E-state index in [9.17, 15) is 9.59 Å². The Balaban J connectivity index is 0.000000146. The van der Waals surface area contributed by atoms with Gasteiger partial charge in [-0.05, 0) is 24.3 Å². The Hall–Kier alpha value is -3.02. The Morgan fingerprint density at radius 3 is 2.24 bits per heavy atom. The minimum atomic E-state index is 0.0366. The van der Waals surface area contributed by atoms with Crippen molar-refractivity contribution in [1.29, 1.82) is 0 Å². The molecule has 0 fully saturated rings. The van der Waals surface area contributed by atoms with E-state index in [1.807, 2.05) is 36.4 Å². The summed E-state index contributed by atoms with van der Waals surface area (Å²) in [6.07, 6.45) is 0.884. The van der Waals surface area contributed by atoms with Crippen LogP contribution in [0.3, 0.4) is 0 Å². The molecule has 0 unspecified atom stereocenters. The van der Waals surface area contributed by atoms with Crippen LogP contribution in [0, 0.1) is 0 Å². The summed E-state index contributed by atoms with van der Waals surface area (Å²) in [7, 11) is 5.02. The molecule has 0 atom stereocenters. The Kier molecular flexibility index (Phi) is 4.61. The van der Waals surface area contributed by atoms with Crippen LogP contribution in [0.2, 0.25) is 0 Å². The van der Waals surface area contributed by atoms with Gasteiger partial charge >= 0.3 is 0 Å². The molecular formula is C19H20N2O4. The van der Waals surface area contributed by atoms with Crippen LogP contribution in [0.4, 0.5) is 11.4 Å². The number of nitrogens with zero attached hydrogens (tertiary/aromatic N) is 1. The van der Waals surface area contributed by atoms with E-state index in [4.69, 9.17) is 9.47 Å². The zero-order valence-electron chi connectivity index (χ0n) is 14.5. The normalized spacial score (nSPS) is 14.3. The number of amides is 2. The third-order valence-electron chi connectivity index (χ3n) is 4.36. The quantitative estimate of drug-likeness (QED) is 0.912. The summed E-state index contributed by atoms with van der Waals surface area (Å²) in [5.41, 5.74) is 3.80. The molecule has 0 bridgehead atoms. The van der Waals surface area contributed by atoms with Gasteiger partial charge in [0, 0.05) is 23.9 Å². The molecule has 0 saturated carbocycles. The number of likely N-dealkylation sites (N-methyl/N-ethyl adjacent to an activating group) is 1. The fraction of sp³-hybridized carbons (Fsp3) is 0.263. The highest BCUT2D eigenvalue weighted by Crippen LogP contribution is 2.34. The lowest BCUT2D eigenvalue weighted by atomic mass is 10.1. The Morgan fingerprint density at radius 2 is 1.56 bits per heavy atom. The molecular weight excluding hydrogens is 320 g/mol. The number of hydrogen-bond donors (Lipinski definition) is 1. The lowest BCUT2D eigenvalue weighted by molar-refractivity contribution is -0.117. The van der Waals surface area contributed by atoms with E-state index < -0.39 is 0 Å². The molecule has 1 N–H and O–H groups in total. The molecule has 6 nitrogen and oxygen atoms in total. The molecule has 2 aliphatic heterocycles. The molecule has 2 aromatic rings. The van der Waals surface area contributed by atoms with Gasteiger partial charge < -0.3 is 19.7 Å². The molecule has 4 rings (SSSR count). The fourth-order valence-electron chi connectivity index (χ4n) is 3.05. The number of benzene rings is 2. The van der Waals surface area contributed by atoms with Gasteiger partial charge in [0.25, 0.3) is 0 Å². The average Bonchev–Trinajstić information content (AvgIpc) is 3.14. The summed E-state index contributed by atoms with van der Waals surface area (Å²) in [6, 6.07) is 11.3. The first-order valence-electron chi connectivity index (χ1n) is 7.93. The predicted molar refractivity (Wildman–Crippen MR) is 95.4 cm³/mol. The summed E-state index contributed by atoms with van der Waals surface area (Å²) in [6.45, 7) is 0. The zero-order valence-corrected chi connectivity index (χ0v) is 14.5. The fourth-order valence-corrected chi connectivity index (χ4v) is 3.05. The molecule has 0 saturated heterocycles. The second kappa shape index (κ2) is 6.84. The maximum atomic E-state index is 11.4. The van der Waals surface area contributed by atoms with Crippen LogP contribution in [0.15, 0.2) is 36.4 Å². The van der Waals surface area contributed by atoms with Crippen LogP contribution in [0.5, 0.6) is 11.5 Å². The smallest absolute Gasteiger partial charge is 0.231 e. The second-order valence-corrected chi connectivity index (χ2v) is 5.80. The highest BCUT2D eigenvalue weighted by atomic mass is 16.5. The first kappa shape index (κ1) is 16.8. The van der Waals surface area contributed by atoms with Gasteiger partial charge in [-0.1, -0.05) is 12.1 Å². The maximum Gasteiger partial charge on any atom is 0.231 e. The Bertz CT molecular complexity index is 832. The van der Waals surface area contributed by atoms with Gasteiger partial charge in [-0.3, -0.25) is 9.59 Å². The van der Waals surface area contributed by atoms with Gasteiger partial charge in [-0.15, -0.1) is 0 Å². The summed E-state index contributed by atoms with van der Waals surface area (Å²) in [5.74, 6) is 1.75. The average molecular weight is 340 g/mol. The number of rotatable bonds is 2. The van der Waals surface area contributed by atoms with Crippen molar-refractivity contribution >= 4 is 23.2 Å². The van der Waals surface area contributed by atoms with Crippen molar-refractivity contribution in [3.63, 3.8) is 0 Å². The minimum Gasteiger partial charge on any atom is -0.496 e. The topological polar surface area (TPSA) is 67.9 Å². The Morgan fingerprint density at radius 1 is 0.920 bits per heavy atom. The number of nitrogens with one attached hydrogen (secondary N) is 1. The van der Waals surface area contributed by atoms with Crippen LogP contribution in [-0.4, -0.2) is 33.1 Å². The van der Waals surface area contributed by atoms with Crippen LogP contribution in [0.1, 0.15) is 11.1 Å². The first-order valence-corrected chi connectivity index (χ1v) is 7.93. The summed E-state index contributed by atoms with van der Waals surface area (Å²) in [5, 5.41) is 2.75. The summed E-state index contributed by atoms with van der Waals surface area (Å²) < 4.78 is 10.3. The number of carbonyl (C=O) groups is 2. The van der Waals surface area contributed by atoms with Crippen molar-refractivity contribution in [2.24, 2.45) is 0 Å². The number of anilines is 2. The van der Waals surface area contributed by atoms with Gasteiger partial charge in [-0.2, -0.15) is 0 Å². The van der Waals surface area contributed by atoms with Crippen LogP contribution in [0.25, 0.3) is 0 Å². The third kappa shape index (κ3) is 3.15. The number of ether oxygens (including phenoxy) is 2. The lowest BCUT2D eigenvalue weighted by Crippen LogP contribution is -2.20. The van der Waals surface area contributed by atoms with Crippen molar-refractivity contribution < 1.29 is 19.1 Å². The third-order valence-corrected chi connectivity index (χ3v) is 4.36. The molecule has 6 heteroatoms. The van der Waals surface area contributed by atoms with Crippen LogP contribution >= 0.6 is 0 Å². The molecule has 2 aliphatic rings. The van der Waals surface area contributed by atoms with E-state index in [1.54, 1.807) is 26.2 Å². The first-order chi connectivity index (χ1) is 12.0. The number of methoxy groups -OCH3 is 2. The summed E-state index contributed by atoms with van der Waals surface area (Å²) in [4.78, 5) is 24.0. The minimum absolute atomic E-state index is 0.0366. The molecule has 2 amide bonds. The molecule has 0 radical (unpaired) electrons. The Labute approximate surface area is 146 Å². The standard InChI is InChI=1S/C10H11NO2.C9H9NO2/c1-11-8-4-3-5-9(13-2)7(8)6-10(11)12;1-12-8-4-2-3-7-6(8)5-9(11)10-7/h3-5H,6H2,1-2H3;2-4H,5H2,1H3,(H,10,11). The lowest BCUT2D eigenvalue weighted by Gasteiger charge is -2.10. The highest BCUT2D eigenvalue weighted by Gasteiger charge is 2.26. The number of carbonyl (C=O) groups excluding carboxylic acids is 2. The monoisotopic (exact) mass is 340 g/mol. The van der Waals surface area contributed by atoms with Gasteiger partial charge in [-0.25, -0.2) is 0 Å². The molecule has 2 aromatic carbocycles. The van der Waals surface area contributed by atoms with E-state index in [0.29, 0.717) is 12.8 Å². The summed E-state index contributed by atoms with van der Waals surface area (Å²) >= 11 is 0. The largest absolute Gasteiger partial charge is 0.496 e. The van der Waals surface area contributed by atoms with Crippen molar-refractivity contribution in [1.82, 2.24) is 0 Å². The van der Waals surface area contributed by atoms with Gasteiger partial charge in [0.2, 0.25) is 11.8 Å². The van der Waals surface area contributed by atoms with E-state index in [0.717, 1.165) is 34.0 Å². The number of hydrogen-bond acceptors (Lipinski definition) is 4. The zero-order chi connectivity index (χ0) is 18.0. The molecule has 0 aromatic heterocycles. The van der Waals surface area contributed by atoms with Crippen molar-refractivity contribution in [3.8, 4) is 11.5 Å². The highest BCUT2D eigenvalue weighted by molar-refractivity contribution is 6.02. The second-order valence-electron chi connectivity index (χ2n) is 5.80. The van der Waals surface area contributed by atoms with Gasteiger partial charge in [0.1, 0.15) is 11.5 Å².